The smallest absolute Gasteiger partial charge is 0.233 e. The van der Waals surface area contributed by atoms with Crippen LogP contribution in [0.4, 0.5) is 0 Å². The van der Waals surface area contributed by atoms with Crippen molar-refractivity contribution >= 4 is 17.7 Å². The zero-order valence-electron chi connectivity index (χ0n) is 8.21. The zero-order valence-corrected chi connectivity index (χ0v) is 9.03. The van der Waals surface area contributed by atoms with Crippen LogP contribution in [0.3, 0.4) is 0 Å². The van der Waals surface area contributed by atoms with E-state index in [2.05, 4.69) is 23.1 Å². The minimum Gasteiger partial charge on any atom is -0.354 e. The number of carbonyl (C=O) groups is 1. The summed E-state index contributed by atoms with van der Waals surface area (Å²) in [6, 6.07) is 0. The van der Waals surface area contributed by atoms with Gasteiger partial charge in [-0.3, -0.25) is 4.79 Å². The van der Waals surface area contributed by atoms with Crippen LogP contribution >= 0.6 is 11.8 Å². The van der Waals surface area contributed by atoms with E-state index >= 15 is 0 Å². The fourth-order valence-electron chi connectivity index (χ4n) is 0.744. The summed E-state index contributed by atoms with van der Waals surface area (Å²) < 4.78 is 0. The molecule has 1 amide bonds. The minimum absolute atomic E-state index is 0.00755. The summed E-state index contributed by atoms with van der Waals surface area (Å²) in [4.78, 5) is 11.1. The number of terminal acetylenes is 1. The molecule has 0 spiro atoms. The summed E-state index contributed by atoms with van der Waals surface area (Å²) >= 11 is 1.64. The highest BCUT2D eigenvalue weighted by Crippen LogP contribution is 1.94. The van der Waals surface area contributed by atoms with Crippen LogP contribution in [0.2, 0.25) is 0 Å². The lowest BCUT2D eigenvalue weighted by Gasteiger charge is -2.04. The van der Waals surface area contributed by atoms with Crippen molar-refractivity contribution in [1.82, 2.24) is 10.6 Å². The highest BCUT2D eigenvalue weighted by atomic mass is 32.2. The molecule has 3 nitrogen and oxygen atoms in total. The van der Waals surface area contributed by atoms with E-state index in [4.69, 9.17) is 6.42 Å². The predicted octanol–water partition coefficient (Wildman–Crippen LogP) is 0.245. The van der Waals surface area contributed by atoms with Crippen LogP contribution in [0.15, 0.2) is 12.7 Å². The van der Waals surface area contributed by atoms with Gasteiger partial charge in [-0.25, -0.2) is 0 Å². The number of amides is 1. The Hall–Kier alpha value is -0.920. The van der Waals surface area contributed by atoms with Crippen molar-refractivity contribution in [3.05, 3.63) is 12.7 Å². The summed E-state index contributed by atoms with van der Waals surface area (Å²) in [6.45, 7) is 5.20. The molecule has 0 aliphatic carbocycles. The minimum atomic E-state index is 0.00755. The lowest BCUT2D eigenvalue weighted by molar-refractivity contribution is -0.120. The Bertz CT molecular complexity index is 211. The first kappa shape index (κ1) is 13.1. The highest BCUT2D eigenvalue weighted by Gasteiger charge is 1.97. The molecular weight excluding hydrogens is 196 g/mol. The molecule has 0 atom stereocenters. The first-order chi connectivity index (χ1) is 6.81. The largest absolute Gasteiger partial charge is 0.354 e. The zero-order chi connectivity index (χ0) is 10.6. The average molecular weight is 212 g/mol. The Labute approximate surface area is 89.7 Å². The summed E-state index contributed by atoms with van der Waals surface area (Å²) in [5, 5.41) is 5.69. The van der Waals surface area contributed by atoms with Gasteiger partial charge < -0.3 is 10.6 Å². The van der Waals surface area contributed by atoms with Gasteiger partial charge in [0.1, 0.15) is 0 Å². The Morgan fingerprint density at radius 1 is 1.64 bits per heavy atom. The second-order valence-electron chi connectivity index (χ2n) is 2.53. The molecule has 2 N–H and O–H groups in total. The molecule has 0 aromatic rings. The molecule has 0 saturated heterocycles. The third kappa shape index (κ3) is 9.17. The van der Waals surface area contributed by atoms with Crippen LogP contribution in [-0.4, -0.2) is 37.0 Å². The van der Waals surface area contributed by atoms with E-state index in [0.717, 1.165) is 5.75 Å². The first-order valence-corrected chi connectivity index (χ1v) is 5.56. The molecule has 78 valence electrons. The van der Waals surface area contributed by atoms with Crippen LogP contribution in [0.1, 0.15) is 0 Å². The van der Waals surface area contributed by atoms with Crippen LogP contribution in [0.25, 0.3) is 0 Å². The molecule has 0 aliphatic rings. The van der Waals surface area contributed by atoms with Crippen molar-refractivity contribution in [2.24, 2.45) is 0 Å². The third-order valence-corrected chi connectivity index (χ3v) is 2.19. The Balaban J connectivity index is 3.19. The summed E-state index contributed by atoms with van der Waals surface area (Å²) in [7, 11) is 0. The number of thioether (sulfide) groups is 1. The van der Waals surface area contributed by atoms with Crippen molar-refractivity contribution < 1.29 is 4.79 Å². The van der Waals surface area contributed by atoms with Gasteiger partial charge in [0.25, 0.3) is 0 Å². The van der Waals surface area contributed by atoms with E-state index in [0.29, 0.717) is 25.4 Å². The average Bonchev–Trinajstić information content (AvgIpc) is 2.18. The normalized spacial score (nSPS) is 9.07. The van der Waals surface area contributed by atoms with Crippen molar-refractivity contribution in [2.75, 3.05) is 31.1 Å². The molecule has 0 aromatic heterocycles. The van der Waals surface area contributed by atoms with Crippen molar-refractivity contribution in [3.63, 3.8) is 0 Å². The molecule has 0 saturated carbocycles. The van der Waals surface area contributed by atoms with Gasteiger partial charge in [-0.1, -0.05) is 12.0 Å². The number of hydrogen-bond acceptors (Lipinski definition) is 3. The van der Waals surface area contributed by atoms with Crippen LogP contribution < -0.4 is 10.6 Å². The molecular formula is C10H16N2OS. The summed E-state index contributed by atoms with van der Waals surface area (Å²) in [6.07, 6.45) is 6.79. The summed E-state index contributed by atoms with van der Waals surface area (Å²) in [5.41, 5.74) is 0. The maximum Gasteiger partial charge on any atom is 0.233 e. The van der Waals surface area contributed by atoms with E-state index in [1.165, 1.54) is 0 Å². The van der Waals surface area contributed by atoms with Gasteiger partial charge in [-0.15, -0.1) is 24.8 Å². The molecule has 14 heavy (non-hydrogen) atoms. The van der Waals surface area contributed by atoms with Crippen LogP contribution in [-0.2, 0) is 4.79 Å². The topological polar surface area (TPSA) is 41.1 Å². The fraction of sp³-hybridized carbons (Fsp3) is 0.500. The van der Waals surface area contributed by atoms with Gasteiger partial charge in [-0.2, -0.15) is 0 Å². The molecule has 0 heterocycles. The SMILES string of the molecule is C#CCSCCNC(=O)CNCC=C. The molecule has 0 fully saturated rings. The molecule has 0 bridgehead atoms. The van der Waals surface area contributed by atoms with Crippen molar-refractivity contribution in [1.29, 1.82) is 0 Å². The van der Waals surface area contributed by atoms with Crippen molar-refractivity contribution in [3.8, 4) is 12.3 Å². The quantitative estimate of drug-likeness (QED) is 0.344. The van der Waals surface area contributed by atoms with Crippen LogP contribution in [0.5, 0.6) is 0 Å². The lowest BCUT2D eigenvalue weighted by atomic mass is 10.5. The van der Waals surface area contributed by atoms with Crippen LogP contribution in [0, 0.1) is 12.3 Å². The third-order valence-electron chi connectivity index (χ3n) is 1.33. The van der Waals surface area contributed by atoms with Gasteiger partial charge in [-0.05, 0) is 0 Å². The summed E-state index contributed by atoms with van der Waals surface area (Å²) in [5.74, 6) is 4.09. The second-order valence-corrected chi connectivity index (χ2v) is 3.63. The molecule has 0 unspecified atom stereocenters. The Morgan fingerprint density at radius 3 is 3.07 bits per heavy atom. The maximum atomic E-state index is 11.1. The monoisotopic (exact) mass is 212 g/mol. The maximum absolute atomic E-state index is 11.1. The van der Waals surface area contributed by atoms with E-state index in [1.807, 2.05) is 0 Å². The van der Waals surface area contributed by atoms with E-state index in [-0.39, 0.29) is 5.91 Å². The van der Waals surface area contributed by atoms with Gasteiger partial charge in [0.2, 0.25) is 5.91 Å². The van der Waals surface area contributed by atoms with E-state index in [9.17, 15) is 4.79 Å². The van der Waals surface area contributed by atoms with Gasteiger partial charge in [0.15, 0.2) is 0 Å². The number of hydrogen-bond donors (Lipinski definition) is 2. The standard InChI is InChI=1S/C10H16N2OS/c1-3-5-11-9-10(13)12-6-8-14-7-4-2/h2-3,11H,1,5-9H2,(H,12,13). The first-order valence-electron chi connectivity index (χ1n) is 4.40. The fourth-order valence-corrected chi connectivity index (χ4v) is 1.25. The second kappa shape index (κ2) is 10.2. The van der Waals surface area contributed by atoms with Crippen molar-refractivity contribution in [2.45, 2.75) is 0 Å². The highest BCUT2D eigenvalue weighted by molar-refractivity contribution is 7.99. The number of nitrogens with one attached hydrogen (secondary N) is 2. The van der Waals surface area contributed by atoms with Gasteiger partial charge >= 0.3 is 0 Å². The molecule has 0 aliphatic heterocycles. The predicted molar refractivity (Wildman–Crippen MR) is 62.2 cm³/mol. The molecule has 0 aromatic carbocycles. The molecule has 4 heteroatoms. The Kier molecular flexibility index (Phi) is 9.49. The van der Waals surface area contributed by atoms with E-state index in [1.54, 1.807) is 17.8 Å². The molecule has 0 rings (SSSR count). The van der Waals surface area contributed by atoms with Gasteiger partial charge in [0, 0.05) is 18.8 Å². The van der Waals surface area contributed by atoms with E-state index < -0.39 is 0 Å². The molecule has 0 radical (unpaired) electrons. The number of rotatable bonds is 8. The number of carbonyl (C=O) groups excluding carboxylic acids is 1. The Morgan fingerprint density at radius 2 is 2.43 bits per heavy atom. The van der Waals surface area contributed by atoms with Gasteiger partial charge in [0.05, 0.1) is 12.3 Å². The lowest BCUT2D eigenvalue weighted by Crippen LogP contribution is -2.35.